The molecule has 2 rings (SSSR count). The summed E-state index contributed by atoms with van der Waals surface area (Å²) in [5.74, 6) is -0.0480. The third-order valence-corrected chi connectivity index (χ3v) is 2.52. The Bertz CT molecular complexity index is 425. The minimum atomic E-state index is -0.561. The maximum absolute atomic E-state index is 11.5. The first-order chi connectivity index (χ1) is 8.19. The van der Waals surface area contributed by atoms with E-state index in [4.69, 9.17) is 0 Å². The van der Waals surface area contributed by atoms with E-state index >= 15 is 0 Å². The lowest BCUT2D eigenvalue weighted by Gasteiger charge is -2.02. The van der Waals surface area contributed by atoms with Gasteiger partial charge >= 0.3 is 5.97 Å². The molecule has 1 saturated carbocycles. The zero-order chi connectivity index (χ0) is 12.3. The zero-order valence-corrected chi connectivity index (χ0v) is 9.55. The number of hydrogen-bond acceptors (Lipinski definition) is 5. The quantitative estimate of drug-likeness (QED) is 0.705. The van der Waals surface area contributed by atoms with Crippen LogP contribution in [0.2, 0.25) is 0 Å². The van der Waals surface area contributed by atoms with Crippen molar-refractivity contribution in [3.05, 3.63) is 11.9 Å². The van der Waals surface area contributed by atoms with Gasteiger partial charge in [-0.3, -0.25) is 4.79 Å². The van der Waals surface area contributed by atoms with E-state index < -0.39 is 5.97 Å². The number of methoxy groups -OCH3 is 1. The molecule has 1 N–H and O–H groups in total. The monoisotopic (exact) mass is 238 g/mol. The molecule has 0 aromatic carbocycles. The molecular formula is C10H14N4O3. The average Bonchev–Trinajstić information content (AvgIpc) is 3.05. The molecule has 1 heterocycles. The first-order valence-corrected chi connectivity index (χ1v) is 5.44. The summed E-state index contributed by atoms with van der Waals surface area (Å²) in [5, 5.41) is 10.1. The van der Waals surface area contributed by atoms with Crippen molar-refractivity contribution in [3.63, 3.8) is 0 Å². The summed E-state index contributed by atoms with van der Waals surface area (Å²) in [4.78, 5) is 22.6. The van der Waals surface area contributed by atoms with E-state index in [9.17, 15) is 9.59 Å². The second-order valence-electron chi connectivity index (χ2n) is 4.04. The summed E-state index contributed by atoms with van der Waals surface area (Å²) >= 11 is 0. The van der Waals surface area contributed by atoms with E-state index in [2.05, 4.69) is 20.4 Å². The Morgan fingerprint density at radius 2 is 2.35 bits per heavy atom. The molecule has 1 amide bonds. The van der Waals surface area contributed by atoms with Gasteiger partial charge in [0.25, 0.3) is 0 Å². The van der Waals surface area contributed by atoms with Crippen LogP contribution in [0.3, 0.4) is 0 Å². The molecule has 1 fully saturated rings. The third kappa shape index (κ3) is 3.27. The maximum atomic E-state index is 11.5. The lowest BCUT2D eigenvalue weighted by Crippen LogP contribution is -2.29. The Morgan fingerprint density at radius 3 is 3.00 bits per heavy atom. The van der Waals surface area contributed by atoms with Crippen LogP contribution >= 0.6 is 0 Å². The number of aromatic nitrogens is 3. The van der Waals surface area contributed by atoms with Gasteiger partial charge in [-0.2, -0.15) is 0 Å². The topological polar surface area (TPSA) is 86.1 Å². The fourth-order valence-corrected chi connectivity index (χ4v) is 1.36. The normalized spacial score (nSPS) is 14.4. The van der Waals surface area contributed by atoms with E-state index in [1.54, 1.807) is 0 Å². The van der Waals surface area contributed by atoms with Crippen molar-refractivity contribution in [2.75, 3.05) is 13.7 Å². The van der Waals surface area contributed by atoms with Crippen LogP contribution in [0.4, 0.5) is 0 Å². The first-order valence-electron chi connectivity index (χ1n) is 5.44. The SMILES string of the molecule is COC(=O)c1cn(CC(=O)NCC2CC2)nn1. The van der Waals surface area contributed by atoms with E-state index in [1.807, 2.05) is 0 Å². The smallest absolute Gasteiger partial charge is 0.360 e. The number of nitrogens with zero attached hydrogens (tertiary/aromatic N) is 3. The van der Waals surface area contributed by atoms with Gasteiger partial charge < -0.3 is 10.1 Å². The Kier molecular flexibility index (Phi) is 3.36. The minimum Gasteiger partial charge on any atom is -0.464 e. The lowest BCUT2D eigenvalue weighted by atomic mass is 10.4. The average molecular weight is 238 g/mol. The molecule has 0 aliphatic heterocycles. The number of hydrogen-bond donors (Lipinski definition) is 1. The second-order valence-corrected chi connectivity index (χ2v) is 4.04. The van der Waals surface area contributed by atoms with Crippen LogP contribution in [0.1, 0.15) is 23.3 Å². The molecule has 7 heteroatoms. The molecule has 0 radical (unpaired) electrons. The number of carbonyl (C=O) groups is 2. The fourth-order valence-electron chi connectivity index (χ4n) is 1.36. The highest BCUT2D eigenvalue weighted by Crippen LogP contribution is 2.27. The van der Waals surface area contributed by atoms with Crippen molar-refractivity contribution >= 4 is 11.9 Å². The largest absolute Gasteiger partial charge is 0.464 e. The lowest BCUT2D eigenvalue weighted by molar-refractivity contribution is -0.121. The van der Waals surface area contributed by atoms with Gasteiger partial charge in [0, 0.05) is 6.54 Å². The van der Waals surface area contributed by atoms with E-state index in [0.717, 1.165) is 6.54 Å². The van der Waals surface area contributed by atoms with Gasteiger partial charge in [0.2, 0.25) is 5.91 Å². The summed E-state index contributed by atoms with van der Waals surface area (Å²) in [6, 6.07) is 0. The number of esters is 1. The Balaban J connectivity index is 1.82. The standard InChI is InChI=1S/C10H14N4O3/c1-17-10(16)8-5-14(13-12-8)6-9(15)11-4-7-2-3-7/h5,7H,2-4,6H2,1H3,(H,11,15). The molecule has 0 atom stereocenters. The molecule has 1 aliphatic carbocycles. The number of amides is 1. The highest BCUT2D eigenvalue weighted by molar-refractivity contribution is 5.86. The number of rotatable bonds is 5. The first kappa shape index (κ1) is 11.6. The van der Waals surface area contributed by atoms with Crippen LogP contribution in [0.15, 0.2) is 6.20 Å². The molecule has 7 nitrogen and oxygen atoms in total. The molecule has 0 saturated heterocycles. The predicted octanol–water partition coefficient (Wildman–Crippen LogP) is -0.409. The van der Waals surface area contributed by atoms with Crippen LogP contribution in [-0.4, -0.2) is 40.5 Å². The second kappa shape index (κ2) is 4.94. The number of ether oxygens (including phenoxy) is 1. The molecule has 0 unspecified atom stereocenters. The fraction of sp³-hybridized carbons (Fsp3) is 0.600. The Hall–Kier alpha value is -1.92. The summed E-state index contributed by atoms with van der Waals surface area (Å²) in [6.45, 7) is 0.786. The van der Waals surface area contributed by atoms with Crippen molar-refractivity contribution in [2.45, 2.75) is 19.4 Å². The van der Waals surface area contributed by atoms with Crippen molar-refractivity contribution in [3.8, 4) is 0 Å². The third-order valence-electron chi connectivity index (χ3n) is 2.52. The van der Waals surface area contributed by atoms with Gasteiger partial charge in [-0.1, -0.05) is 5.21 Å². The van der Waals surface area contributed by atoms with Crippen LogP contribution in [0.25, 0.3) is 0 Å². The zero-order valence-electron chi connectivity index (χ0n) is 9.55. The van der Waals surface area contributed by atoms with Gasteiger partial charge in [0.1, 0.15) is 6.54 Å². The number of carbonyl (C=O) groups excluding carboxylic acids is 2. The van der Waals surface area contributed by atoms with Crippen LogP contribution in [-0.2, 0) is 16.1 Å². The Labute approximate surface area is 98.1 Å². The molecule has 1 aromatic heterocycles. The van der Waals surface area contributed by atoms with Crippen LogP contribution in [0.5, 0.6) is 0 Å². The molecular weight excluding hydrogens is 224 g/mol. The molecule has 17 heavy (non-hydrogen) atoms. The van der Waals surface area contributed by atoms with E-state index in [-0.39, 0.29) is 18.1 Å². The van der Waals surface area contributed by atoms with Gasteiger partial charge in [0.05, 0.1) is 13.3 Å². The maximum Gasteiger partial charge on any atom is 0.360 e. The molecule has 1 aromatic rings. The van der Waals surface area contributed by atoms with Gasteiger partial charge in [0.15, 0.2) is 5.69 Å². The van der Waals surface area contributed by atoms with E-state index in [1.165, 1.54) is 30.8 Å². The van der Waals surface area contributed by atoms with Gasteiger partial charge in [-0.25, -0.2) is 9.48 Å². The number of nitrogens with one attached hydrogen (secondary N) is 1. The summed E-state index contributed by atoms with van der Waals surface area (Å²) < 4.78 is 5.80. The van der Waals surface area contributed by atoms with Crippen molar-refractivity contribution in [2.24, 2.45) is 5.92 Å². The minimum absolute atomic E-state index is 0.0662. The van der Waals surface area contributed by atoms with Crippen molar-refractivity contribution in [1.29, 1.82) is 0 Å². The predicted molar refractivity (Wildman–Crippen MR) is 57.1 cm³/mol. The van der Waals surface area contributed by atoms with E-state index in [0.29, 0.717) is 5.92 Å². The van der Waals surface area contributed by atoms with Crippen molar-refractivity contribution in [1.82, 2.24) is 20.3 Å². The van der Waals surface area contributed by atoms with Gasteiger partial charge in [-0.05, 0) is 18.8 Å². The highest BCUT2D eigenvalue weighted by Gasteiger charge is 2.21. The van der Waals surface area contributed by atoms with Crippen molar-refractivity contribution < 1.29 is 14.3 Å². The van der Waals surface area contributed by atoms with Crippen LogP contribution in [0, 0.1) is 5.92 Å². The highest BCUT2D eigenvalue weighted by atomic mass is 16.5. The Morgan fingerprint density at radius 1 is 1.59 bits per heavy atom. The molecule has 0 bridgehead atoms. The summed E-state index contributed by atoms with van der Waals surface area (Å²) in [7, 11) is 1.27. The van der Waals surface area contributed by atoms with Gasteiger partial charge in [-0.15, -0.1) is 5.10 Å². The molecule has 1 aliphatic rings. The summed E-state index contributed by atoms with van der Waals surface area (Å²) in [5.41, 5.74) is 0.0995. The van der Waals surface area contributed by atoms with Crippen LogP contribution < -0.4 is 5.32 Å². The summed E-state index contributed by atoms with van der Waals surface area (Å²) in [6.07, 6.45) is 3.77. The molecule has 92 valence electrons. The molecule has 0 spiro atoms.